The summed E-state index contributed by atoms with van der Waals surface area (Å²) in [7, 11) is 1.96. The predicted molar refractivity (Wildman–Crippen MR) is 173 cm³/mol. The van der Waals surface area contributed by atoms with Crippen LogP contribution in [0.4, 0.5) is 10.1 Å². The van der Waals surface area contributed by atoms with Crippen molar-refractivity contribution in [3.8, 4) is 11.1 Å². The molecule has 3 aliphatic heterocycles. The first-order chi connectivity index (χ1) is 21.1. The van der Waals surface area contributed by atoms with Crippen LogP contribution < -0.4 is 10.6 Å². The van der Waals surface area contributed by atoms with Crippen LogP contribution >= 0.6 is 11.6 Å². The minimum atomic E-state index is -0.474. The third-order valence-corrected chi connectivity index (χ3v) is 9.41. The fraction of sp³-hybridized carbons (Fsp3) is 0.471. The van der Waals surface area contributed by atoms with Crippen molar-refractivity contribution in [3.05, 3.63) is 64.9 Å². The molecule has 0 saturated carbocycles. The molecule has 0 aromatic heterocycles. The summed E-state index contributed by atoms with van der Waals surface area (Å²) < 4.78 is 28.4. The van der Waals surface area contributed by atoms with Crippen molar-refractivity contribution in [1.82, 2.24) is 15.5 Å². The molecule has 0 aliphatic carbocycles. The van der Waals surface area contributed by atoms with Crippen LogP contribution in [0.25, 0.3) is 21.9 Å². The highest BCUT2D eigenvalue weighted by molar-refractivity contribution is 6.34. The largest absolute Gasteiger partial charge is 0.463 e. The SMILES string of the molecule is C=NC(=Nc1c(CC2CCC(CNC)N2)cc(Cl)c(-c2cccc3ccccc23)c1F)OCCCN1C2CCC1COC2. The van der Waals surface area contributed by atoms with Gasteiger partial charge in [0.2, 0.25) is 0 Å². The Morgan fingerprint density at radius 1 is 1.12 bits per heavy atom. The van der Waals surface area contributed by atoms with E-state index < -0.39 is 5.82 Å². The lowest BCUT2D eigenvalue weighted by Crippen LogP contribution is -2.46. The Hall–Kier alpha value is -2.88. The van der Waals surface area contributed by atoms with E-state index in [-0.39, 0.29) is 17.8 Å². The summed E-state index contributed by atoms with van der Waals surface area (Å²) in [6, 6.07) is 17.3. The van der Waals surface area contributed by atoms with Gasteiger partial charge in [-0.3, -0.25) is 4.90 Å². The maximum absolute atomic E-state index is 16.7. The molecular formula is C34H41ClFN5O2. The summed E-state index contributed by atoms with van der Waals surface area (Å²) in [6.45, 7) is 7.54. The fourth-order valence-corrected chi connectivity index (χ4v) is 7.37. The van der Waals surface area contributed by atoms with E-state index >= 15 is 4.39 Å². The number of hydrogen-bond donors (Lipinski definition) is 2. The van der Waals surface area contributed by atoms with E-state index in [0.717, 1.165) is 67.5 Å². The Balaban J connectivity index is 1.28. The molecule has 3 fully saturated rings. The number of nitrogens with one attached hydrogen (secondary N) is 2. The quantitative estimate of drug-likeness (QED) is 0.165. The average molecular weight is 606 g/mol. The molecule has 3 aromatic carbocycles. The maximum Gasteiger partial charge on any atom is 0.316 e. The molecule has 3 saturated heterocycles. The van der Waals surface area contributed by atoms with E-state index in [2.05, 4.69) is 32.2 Å². The van der Waals surface area contributed by atoms with Crippen LogP contribution in [-0.2, 0) is 15.9 Å². The number of rotatable bonds is 10. The zero-order valence-corrected chi connectivity index (χ0v) is 25.6. The fourth-order valence-electron chi connectivity index (χ4n) is 7.06. The zero-order chi connectivity index (χ0) is 29.8. The highest BCUT2D eigenvalue weighted by Gasteiger charge is 2.36. The zero-order valence-electron chi connectivity index (χ0n) is 24.8. The van der Waals surface area contributed by atoms with Gasteiger partial charge in [-0.05, 0) is 80.3 Å². The number of halogens is 2. The summed E-state index contributed by atoms with van der Waals surface area (Å²) in [6.07, 6.45) is 5.84. The van der Waals surface area contributed by atoms with Gasteiger partial charge < -0.3 is 20.1 Å². The third-order valence-electron chi connectivity index (χ3n) is 9.11. The molecule has 228 valence electrons. The number of ether oxygens (including phenoxy) is 2. The lowest BCUT2D eigenvalue weighted by Gasteiger charge is -2.34. The number of amidine groups is 1. The van der Waals surface area contributed by atoms with Crippen molar-refractivity contribution >= 4 is 40.8 Å². The average Bonchev–Trinajstić information content (AvgIpc) is 3.54. The van der Waals surface area contributed by atoms with Gasteiger partial charge in [-0.2, -0.15) is 4.99 Å². The number of nitrogens with zero attached hydrogens (tertiary/aromatic N) is 3. The van der Waals surface area contributed by atoms with Crippen LogP contribution in [0.5, 0.6) is 0 Å². The van der Waals surface area contributed by atoms with Gasteiger partial charge in [0.25, 0.3) is 0 Å². The van der Waals surface area contributed by atoms with Crippen LogP contribution in [0.3, 0.4) is 0 Å². The molecule has 4 unspecified atom stereocenters. The number of benzene rings is 3. The number of hydrogen-bond acceptors (Lipinski definition) is 6. The topological polar surface area (TPSA) is 70.5 Å². The number of morpholine rings is 1. The van der Waals surface area contributed by atoms with Crippen molar-refractivity contribution < 1.29 is 13.9 Å². The summed E-state index contributed by atoms with van der Waals surface area (Å²) >= 11 is 6.88. The van der Waals surface area contributed by atoms with E-state index in [1.807, 2.05) is 55.6 Å². The molecule has 3 heterocycles. The van der Waals surface area contributed by atoms with Crippen molar-refractivity contribution in [3.63, 3.8) is 0 Å². The molecule has 0 amide bonds. The molecule has 7 nitrogen and oxygen atoms in total. The summed E-state index contributed by atoms with van der Waals surface area (Å²) in [5, 5.41) is 9.22. The normalized spacial score (nSPS) is 24.1. The highest BCUT2D eigenvalue weighted by Crippen LogP contribution is 2.42. The van der Waals surface area contributed by atoms with E-state index in [9.17, 15) is 0 Å². The van der Waals surface area contributed by atoms with E-state index in [1.165, 1.54) is 12.8 Å². The second-order valence-electron chi connectivity index (χ2n) is 11.9. The highest BCUT2D eigenvalue weighted by atomic mass is 35.5. The molecule has 0 radical (unpaired) electrons. The minimum Gasteiger partial charge on any atom is -0.463 e. The second-order valence-corrected chi connectivity index (χ2v) is 12.3. The molecule has 2 bridgehead atoms. The Morgan fingerprint density at radius 3 is 2.67 bits per heavy atom. The lowest BCUT2D eigenvalue weighted by atomic mass is 9.94. The van der Waals surface area contributed by atoms with Crippen molar-refractivity contribution in [2.75, 3.05) is 40.0 Å². The van der Waals surface area contributed by atoms with Crippen molar-refractivity contribution in [2.24, 2.45) is 9.98 Å². The molecule has 6 rings (SSSR count). The van der Waals surface area contributed by atoms with Gasteiger partial charge >= 0.3 is 6.02 Å². The standard InChI is InChI=1S/C34H41ClFN5O2/c1-37-19-25-12-11-24(39-25)17-23-18-30(35)31(29-10-5-8-22-7-3-4-9-28(22)29)32(36)33(23)40-34(38-2)43-16-6-15-41-26-13-14-27(41)21-42-20-26/h3-5,7-10,18,24-27,37,39H,2,6,11-17,19-21H2,1H3. The van der Waals surface area contributed by atoms with Crippen molar-refractivity contribution in [1.29, 1.82) is 0 Å². The number of fused-ring (bicyclic) bond motifs is 3. The molecule has 4 atom stereocenters. The van der Waals surface area contributed by atoms with E-state index in [1.54, 1.807) is 0 Å². The molecule has 2 N–H and O–H groups in total. The van der Waals surface area contributed by atoms with Gasteiger partial charge in [0.05, 0.1) is 24.8 Å². The molecule has 0 spiro atoms. The van der Waals surface area contributed by atoms with Gasteiger partial charge in [0.1, 0.15) is 5.69 Å². The molecule has 3 aliphatic rings. The lowest BCUT2D eigenvalue weighted by molar-refractivity contribution is -0.0162. The van der Waals surface area contributed by atoms with E-state index in [4.69, 9.17) is 21.1 Å². The third kappa shape index (κ3) is 6.64. The second kappa shape index (κ2) is 13.8. The smallest absolute Gasteiger partial charge is 0.316 e. The number of likely N-dealkylation sites (N-methyl/N-ethyl adjacent to an activating group) is 1. The first-order valence-electron chi connectivity index (χ1n) is 15.5. The van der Waals surface area contributed by atoms with Gasteiger partial charge in [-0.25, -0.2) is 9.38 Å². The maximum atomic E-state index is 16.7. The first-order valence-corrected chi connectivity index (χ1v) is 15.8. The van der Waals surface area contributed by atoms with Crippen LogP contribution in [0.2, 0.25) is 5.02 Å². The van der Waals surface area contributed by atoms with Crippen LogP contribution in [0.15, 0.2) is 58.5 Å². The first kappa shape index (κ1) is 30.2. The summed E-state index contributed by atoms with van der Waals surface area (Å²) in [5.41, 5.74) is 1.99. The Bertz CT molecular complexity index is 1460. The van der Waals surface area contributed by atoms with Crippen LogP contribution in [-0.4, -0.2) is 81.8 Å². The molecule has 43 heavy (non-hydrogen) atoms. The van der Waals surface area contributed by atoms with Crippen LogP contribution in [0, 0.1) is 5.82 Å². The monoisotopic (exact) mass is 605 g/mol. The van der Waals surface area contributed by atoms with Gasteiger partial charge in [-0.15, -0.1) is 0 Å². The molecule has 3 aromatic rings. The molecular weight excluding hydrogens is 565 g/mol. The Kier molecular flexibility index (Phi) is 9.70. The summed E-state index contributed by atoms with van der Waals surface area (Å²) in [4.78, 5) is 11.3. The van der Waals surface area contributed by atoms with Crippen LogP contribution in [0.1, 0.15) is 37.7 Å². The van der Waals surface area contributed by atoms with Gasteiger partial charge in [0, 0.05) is 42.8 Å². The van der Waals surface area contributed by atoms with Gasteiger partial charge in [0.15, 0.2) is 5.82 Å². The van der Waals surface area contributed by atoms with Gasteiger partial charge in [-0.1, -0.05) is 54.1 Å². The minimum absolute atomic E-state index is 0.0729. The van der Waals surface area contributed by atoms with Crippen molar-refractivity contribution in [2.45, 2.75) is 62.7 Å². The molecule has 9 heteroatoms. The van der Waals surface area contributed by atoms with E-state index in [0.29, 0.717) is 41.7 Å². The Morgan fingerprint density at radius 2 is 1.88 bits per heavy atom. The predicted octanol–water partition coefficient (Wildman–Crippen LogP) is 6.14. The summed E-state index contributed by atoms with van der Waals surface area (Å²) in [5.74, 6) is -0.474. The Labute approximate surface area is 258 Å². The number of aliphatic imine (C=N–C) groups is 2.